The first-order valence-electron chi connectivity index (χ1n) is 9.42. The molecule has 2 aromatic rings. The lowest BCUT2D eigenvalue weighted by molar-refractivity contribution is -0.127. The Balaban J connectivity index is 1.43. The molecule has 0 radical (unpaired) electrons. The smallest absolute Gasteiger partial charge is 0.223 e. The van der Waals surface area contributed by atoms with Crippen LogP contribution >= 0.6 is 0 Å². The molecule has 1 saturated heterocycles. The molecular weight excluding hydrogens is 327 g/mol. The molecule has 0 spiro atoms. The van der Waals surface area contributed by atoms with Gasteiger partial charge in [0.15, 0.2) is 0 Å². The summed E-state index contributed by atoms with van der Waals surface area (Å²) in [6.45, 7) is 4.57. The first kappa shape index (κ1) is 18.6. The maximum absolute atomic E-state index is 13.0. The number of carbonyl (C=O) groups is 1. The Labute approximate surface area is 155 Å². The Morgan fingerprint density at radius 3 is 2.54 bits per heavy atom. The van der Waals surface area contributed by atoms with Gasteiger partial charge in [0.1, 0.15) is 5.82 Å². The number of rotatable bonds is 6. The summed E-state index contributed by atoms with van der Waals surface area (Å²) in [5.74, 6) is 0.0622. The van der Waals surface area contributed by atoms with Gasteiger partial charge in [-0.1, -0.05) is 42.5 Å². The fraction of sp³-hybridized carbons (Fsp3) is 0.409. The van der Waals surface area contributed by atoms with Crippen LogP contribution in [-0.4, -0.2) is 29.9 Å². The van der Waals surface area contributed by atoms with Crippen molar-refractivity contribution in [3.63, 3.8) is 0 Å². The minimum atomic E-state index is -0.201. The van der Waals surface area contributed by atoms with Crippen LogP contribution in [0.5, 0.6) is 0 Å². The van der Waals surface area contributed by atoms with E-state index in [1.807, 2.05) is 30.3 Å². The maximum atomic E-state index is 13.0. The molecule has 4 heteroatoms. The zero-order chi connectivity index (χ0) is 18.4. The number of piperidine rings is 1. The molecule has 0 aromatic heterocycles. The lowest BCUT2D eigenvalue weighted by Gasteiger charge is -2.37. The molecule has 2 aromatic carbocycles. The molecule has 1 aliphatic heterocycles. The molecular formula is C22H27FN2O. The highest BCUT2D eigenvalue weighted by atomic mass is 19.1. The van der Waals surface area contributed by atoms with Crippen LogP contribution in [0.25, 0.3) is 0 Å². The third-order valence-electron chi connectivity index (χ3n) is 5.24. The molecule has 1 amide bonds. The molecule has 26 heavy (non-hydrogen) atoms. The van der Waals surface area contributed by atoms with Crippen LogP contribution in [-0.2, 0) is 17.8 Å². The number of nitrogens with one attached hydrogen (secondary N) is 1. The number of likely N-dealkylation sites (tertiary alicyclic amines) is 1. The van der Waals surface area contributed by atoms with Gasteiger partial charge in [0.05, 0.1) is 0 Å². The second-order valence-corrected chi connectivity index (χ2v) is 7.19. The molecule has 2 atom stereocenters. The average molecular weight is 354 g/mol. The number of amides is 1. The summed E-state index contributed by atoms with van der Waals surface area (Å²) in [6, 6.07) is 17.3. The Morgan fingerprint density at radius 1 is 1.12 bits per heavy atom. The first-order chi connectivity index (χ1) is 12.6. The third kappa shape index (κ3) is 5.15. The van der Waals surface area contributed by atoms with Crippen LogP contribution in [0.2, 0.25) is 0 Å². The van der Waals surface area contributed by atoms with Crippen LogP contribution in [0.4, 0.5) is 4.39 Å². The Hall–Kier alpha value is -2.20. The fourth-order valence-electron chi connectivity index (χ4n) is 3.64. The number of benzene rings is 2. The topological polar surface area (TPSA) is 32.3 Å². The van der Waals surface area contributed by atoms with E-state index in [0.29, 0.717) is 12.6 Å². The molecule has 1 heterocycles. The Kier molecular flexibility index (Phi) is 6.40. The van der Waals surface area contributed by atoms with E-state index in [0.717, 1.165) is 37.9 Å². The van der Waals surface area contributed by atoms with E-state index < -0.39 is 0 Å². The van der Waals surface area contributed by atoms with Crippen molar-refractivity contribution in [2.24, 2.45) is 5.92 Å². The number of nitrogens with zero attached hydrogens (tertiary/aromatic N) is 1. The van der Waals surface area contributed by atoms with E-state index in [1.54, 1.807) is 0 Å². The van der Waals surface area contributed by atoms with E-state index in [1.165, 1.54) is 17.7 Å². The normalized spacial score (nSPS) is 20.7. The lowest BCUT2D eigenvalue weighted by Crippen LogP contribution is -2.45. The van der Waals surface area contributed by atoms with Gasteiger partial charge in [0.25, 0.3) is 0 Å². The van der Waals surface area contributed by atoms with Crippen molar-refractivity contribution in [1.82, 2.24) is 10.2 Å². The van der Waals surface area contributed by atoms with Crippen molar-refractivity contribution in [3.8, 4) is 0 Å². The number of hydrogen-bond acceptors (Lipinski definition) is 2. The largest absolute Gasteiger partial charge is 0.356 e. The second-order valence-electron chi connectivity index (χ2n) is 7.19. The number of halogens is 1. The van der Waals surface area contributed by atoms with E-state index >= 15 is 0 Å². The van der Waals surface area contributed by atoms with Gasteiger partial charge in [-0.15, -0.1) is 0 Å². The molecule has 3 rings (SSSR count). The summed E-state index contributed by atoms with van der Waals surface area (Å²) in [7, 11) is 0. The third-order valence-corrected chi connectivity index (χ3v) is 5.24. The molecule has 0 aliphatic carbocycles. The Morgan fingerprint density at radius 2 is 1.85 bits per heavy atom. The molecule has 0 bridgehead atoms. The van der Waals surface area contributed by atoms with Gasteiger partial charge >= 0.3 is 0 Å². The van der Waals surface area contributed by atoms with Crippen molar-refractivity contribution in [1.29, 1.82) is 0 Å². The monoisotopic (exact) mass is 354 g/mol. The van der Waals surface area contributed by atoms with Crippen LogP contribution in [0, 0.1) is 11.7 Å². The fourth-order valence-corrected chi connectivity index (χ4v) is 3.64. The summed E-state index contributed by atoms with van der Waals surface area (Å²) in [6.07, 6.45) is 2.62. The van der Waals surface area contributed by atoms with Crippen molar-refractivity contribution in [2.75, 3.05) is 13.1 Å². The maximum Gasteiger partial charge on any atom is 0.223 e. The van der Waals surface area contributed by atoms with E-state index in [2.05, 4.69) is 29.3 Å². The van der Waals surface area contributed by atoms with Crippen LogP contribution in [0.15, 0.2) is 54.6 Å². The van der Waals surface area contributed by atoms with Gasteiger partial charge in [-0.2, -0.15) is 0 Å². The molecule has 0 saturated carbocycles. The summed E-state index contributed by atoms with van der Waals surface area (Å²) in [5.41, 5.74) is 2.36. The number of carbonyl (C=O) groups excluding carboxylic acids is 1. The van der Waals surface area contributed by atoms with Gasteiger partial charge in [0.2, 0.25) is 5.91 Å². The zero-order valence-corrected chi connectivity index (χ0v) is 15.3. The average Bonchev–Trinajstić information content (AvgIpc) is 2.66. The van der Waals surface area contributed by atoms with E-state index in [-0.39, 0.29) is 17.6 Å². The standard InChI is InChI=1S/C22H27FN2O/c1-17-15-20(22(26)24-13-11-18-5-3-2-4-6-18)12-14-25(17)16-19-7-9-21(23)10-8-19/h2-10,17,20H,11-16H2,1H3,(H,24,26). The SMILES string of the molecule is CC1CC(C(=O)NCCc2ccccc2)CCN1Cc1ccc(F)cc1. The molecule has 3 nitrogen and oxygen atoms in total. The van der Waals surface area contributed by atoms with Gasteiger partial charge in [-0.3, -0.25) is 9.69 Å². The van der Waals surface area contributed by atoms with E-state index in [4.69, 9.17) is 0 Å². The quantitative estimate of drug-likeness (QED) is 0.856. The molecule has 1 fully saturated rings. The van der Waals surface area contributed by atoms with E-state index in [9.17, 15) is 9.18 Å². The van der Waals surface area contributed by atoms with Crippen molar-refractivity contribution >= 4 is 5.91 Å². The van der Waals surface area contributed by atoms with Crippen molar-refractivity contribution < 1.29 is 9.18 Å². The highest BCUT2D eigenvalue weighted by molar-refractivity contribution is 5.78. The van der Waals surface area contributed by atoms with Crippen LogP contribution < -0.4 is 5.32 Å². The molecule has 1 N–H and O–H groups in total. The summed E-state index contributed by atoms with van der Waals surface area (Å²) in [5, 5.41) is 3.09. The first-order valence-corrected chi connectivity index (χ1v) is 9.42. The summed E-state index contributed by atoms with van der Waals surface area (Å²) < 4.78 is 13.0. The minimum absolute atomic E-state index is 0.0882. The van der Waals surface area contributed by atoms with Gasteiger partial charge in [-0.25, -0.2) is 4.39 Å². The Bertz CT molecular complexity index is 702. The van der Waals surface area contributed by atoms with Crippen molar-refractivity contribution in [3.05, 3.63) is 71.5 Å². The predicted molar refractivity (Wildman–Crippen MR) is 102 cm³/mol. The van der Waals surface area contributed by atoms with Crippen molar-refractivity contribution in [2.45, 2.75) is 38.8 Å². The van der Waals surface area contributed by atoms with Crippen LogP contribution in [0.1, 0.15) is 30.9 Å². The van der Waals surface area contributed by atoms with Gasteiger partial charge in [-0.05, 0) is 56.0 Å². The molecule has 1 aliphatic rings. The summed E-state index contributed by atoms with van der Waals surface area (Å²) >= 11 is 0. The molecule has 138 valence electrons. The number of hydrogen-bond donors (Lipinski definition) is 1. The van der Waals surface area contributed by atoms with Gasteiger partial charge < -0.3 is 5.32 Å². The van der Waals surface area contributed by atoms with Crippen LogP contribution in [0.3, 0.4) is 0 Å². The predicted octanol–water partition coefficient (Wildman–Crippen LogP) is 3.79. The minimum Gasteiger partial charge on any atom is -0.356 e. The highest BCUT2D eigenvalue weighted by Crippen LogP contribution is 2.24. The lowest BCUT2D eigenvalue weighted by atomic mass is 9.90. The highest BCUT2D eigenvalue weighted by Gasteiger charge is 2.29. The molecule has 2 unspecified atom stereocenters. The zero-order valence-electron chi connectivity index (χ0n) is 15.3. The summed E-state index contributed by atoms with van der Waals surface area (Å²) in [4.78, 5) is 14.8. The van der Waals surface area contributed by atoms with Gasteiger partial charge in [0, 0.05) is 25.0 Å². The second kappa shape index (κ2) is 8.95.